The average molecular weight is 171 g/mol. The fourth-order valence-electron chi connectivity index (χ4n) is 0.334. The largest absolute Gasteiger partial charge is 0.286 e. The van der Waals surface area contributed by atoms with Crippen molar-refractivity contribution in [3.8, 4) is 0 Å². The lowest BCUT2D eigenvalue weighted by Crippen LogP contribution is -2.10. The van der Waals surface area contributed by atoms with E-state index < -0.39 is 10.1 Å². The quantitative estimate of drug-likeness (QED) is 0.308. The summed E-state index contributed by atoms with van der Waals surface area (Å²) in [6, 6.07) is 0. The Kier molecular flexibility index (Phi) is 4.20. The molecule has 0 aromatic heterocycles. The van der Waals surface area contributed by atoms with Crippen LogP contribution in [0.1, 0.15) is 6.42 Å². The summed E-state index contributed by atoms with van der Waals surface area (Å²) in [6.45, 7) is 0.475. The predicted molar refractivity (Wildman–Crippen MR) is 38.0 cm³/mol. The van der Waals surface area contributed by atoms with Crippen molar-refractivity contribution >= 4 is 22.9 Å². The zero-order valence-electron chi connectivity index (χ0n) is 4.74. The molecule has 56 valence electrons. The third kappa shape index (κ3) is 8.22. The summed E-state index contributed by atoms with van der Waals surface area (Å²) in [4.78, 5) is 0. The van der Waals surface area contributed by atoms with Gasteiger partial charge in [-0.2, -0.15) is 8.42 Å². The van der Waals surface area contributed by atoms with Crippen molar-refractivity contribution in [2.75, 3.05) is 12.3 Å². The van der Waals surface area contributed by atoms with E-state index >= 15 is 0 Å². The van der Waals surface area contributed by atoms with Gasteiger partial charge in [0.25, 0.3) is 10.1 Å². The number of thiol groups is 1. The van der Waals surface area contributed by atoms with Crippen LogP contribution >= 0.6 is 12.8 Å². The van der Waals surface area contributed by atoms with E-state index in [-0.39, 0.29) is 5.75 Å². The van der Waals surface area contributed by atoms with E-state index in [1.165, 1.54) is 0 Å². The van der Waals surface area contributed by atoms with Crippen LogP contribution in [0.2, 0.25) is 0 Å². The summed E-state index contributed by atoms with van der Waals surface area (Å²) in [7, 11) is -3.77. The lowest BCUT2D eigenvalue weighted by Gasteiger charge is -1.94. The molecule has 0 aliphatic heterocycles. The summed E-state index contributed by atoms with van der Waals surface area (Å²) in [5.74, 6) is -0.208. The van der Waals surface area contributed by atoms with Crippen molar-refractivity contribution in [2.45, 2.75) is 6.42 Å². The van der Waals surface area contributed by atoms with Crippen LogP contribution in [0, 0.1) is 0 Å². The number of hydrogen-bond acceptors (Lipinski definition) is 4. The van der Waals surface area contributed by atoms with Gasteiger partial charge in [0.05, 0.1) is 5.75 Å². The minimum absolute atomic E-state index is 0.208. The van der Waals surface area contributed by atoms with Crippen LogP contribution in [0.4, 0.5) is 0 Å². The third-order valence-electron chi connectivity index (χ3n) is 0.691. The van der Waals surface area contributed by atoms with E-state index in [0.29, 0.717) is 13.0 Å². The maximum absolute atomic E-state index is 10.0. The smallest absolute Gasteiger partial charge is 0.264 e. The third-order valence-corrected chi connectivity index (χ3v) is 1.72. The Bertz CT molecular complexity index is 152. The Morgan fingerprint density at radius 3 is 2.44 bits per heavy atom. The minimum Gasteiger partial charge on any atom is -0.286 e. The highest BCUT2D eigenvalue weighted by Crippen LogP contribution is 1.85. The predicted octanol–water partition coefficient (Wildman–Crippen LogP) is -0.301. The van der Waals surface area contributed by atoms with Crippen LogP contribution in [0.3, 0.4) is 0 Å². The van der Waals surface area contributed by atoms with Crippen molar-refractivity contribution in [2.24, 2.45) is 0 Å². The summed E-state index contributed by atoms with van der Waals surface area (Å²) >= 11 is 3.62. The standard InChI is InChI=1S/C3H9NO3S2/c5-9(6,7)3-1-2-4-8/h4,8H,1-3H2,(H,5,6,7). The molecule has 4 nitrogen and oxygen atoms in total. The van der Waals surface area contributed by atoms with E-state index in [4.69, 9.17) is 4.55 Å². The topological polar surface area (TPSA) is 66.4 Å². The molecule has 0 amide bonds. The summed E-state index contributed by atoms with van der Waals surface area (Å²) in [6.07, 6.45) is 0.377. The minimum atomic E-state index is -3.77. The molecule has 0 aliphatic carbocycles. The SMILES string of the molecule is O=S(=O)(O)CCCNS. The number of rotatable bonds is 4. The van der Waals surface area contributed by atoms with Crippen LogP contribution in [0.15, 0.2) is 0 Å². The van der Waals surface area contributed by atoms with Gasteiger partial charge in [0, 0.05) is 6.54 Å². The molecule has 0 saturated carbocycles. The molecule has 0 saturated heterocycles. The number of nitrogens with one attached hydrogen (secondary N) is 1. The first-order valence-electron chi connectivity index (χ1n) is 2.38. The maximum atomic E-state index is 10.0. The molecular formula is C3H9NO3S2. The lowest BCUT2D eigenvalue weighted by atomic mass is 10.5. The van der Waals surface area contributed by atoms with Crippen molar-refractivity contribution in [1.82, 2.24) is 4.72 Å². The van der Waals surface area contributed by atoms with Crippen molar-refractivity contribution in [3.05, 3.63) is 0 Å². The Hall–Kier alpha value is 0.220. The Balaban J connectivity index is 3.30. The van der Waals surface area contributed by atoms with Gasteiger partial charge in [0.2, 0.25) is 0 Å². The normalized spacial score (nSPS) is 11.8. The van der Waals surface area contributed by atoms with E-state index in [2.05, 4.69) is 17.5 Å². The van der Waals surface area contributed by atoms with Crippen molar-refractivity contribution < 1.29 is 13.0 Å². The molecule has 9 heavy (non-hydrogen) atoms. The van der Waals surface area contributed by atoms with E-state index in [1.54, 1.807) is 0 Å². The average Bonchev–Trinajstić information content (AvgIpc) is 1.63. The van der Waals surface area contributed by atoms with Gasteiger partial charge < -0.3 is 0 Å². The molecule has 0 aliphatic rings. The lowest BCUT2D eigenvalue weighted by molar-refractivity contribution is 0.481. The Morgan fingerprint density at radius 1 is 1.56 bits per heavy atom. The van der Waals surface area contributed by atoms with Crippen molar-refractivity contribution in [1.29, 1.82) is 0 Å². The summed E-state index contributed by atoms with van der Waals surface area (Å²) in [5, 5.41) is 0. The van der Waals surface area contributed by atoms with Gasteiger partial charge >= 0.3 is 0 Å². The van der Waals surface area contributed by atoms with Crippen LogP contribution < -0.4 is 4.72 Å². The van der Waals surface area contributed by atoms with Gasteiger partial charge in [0.1, 0.15) is 0 Å². The van der Waals surface area contributed by atoms with Crippen LogP contribution in [-0.2, 0) is 10.1 Å². The zero-order valence-corrected chi connectivity index (χ0v) is 6.45. The van der Waals surface area contributed by atoms with Gasteiger partial charge in [-0.25, -0.2) is 0 Å². The Labute approximate surface area is 59.9 Å². The molecule has 0 fully saturated rings. The van der Waals surface area contributed by atoms with Crippen LogP contribution in [-0.4, -0.2) is 25.3 Å². The second-order valence-corrected chi connectivity index (χ2v) is 3.44. The molecule has 0 bridgehead atoms. The fraction of sp³-hybridized carbons (Fsp3) is 1.00. The zero-order chi connectivity index (χ0) is 7.33. The monoisotopic (exact) mass is 171 g/mol. The van der Waals surface area contributed by atoms with Gasteiger partial charge in [-0.15, -0.1) is 0 Å². The second kappa shape index (κ2) is 4.10. The van der Waals surface area contributed by atoms with Crippen LogP contribution in [0.5, 0.6) is 0 Å². The molecule has 0 aromatic rings. The molecule has 2 N–H and O–H groups in total. The van der Waals surface area contributed by atoms with Gasteiger partial charge in [-0.05, 0) is 6.42 Å². The highest BCUT2D eigenvalue weighted by molar-refractivity contribution is 7.85. The highest BCUT2D eigenvalue weighted by atomic mass is 32.2. The molecule has 0 heterocycles. The van der Waals surface area contributed by atoms with Gasteiger partial charge in [-0.1, -0.05) is 12.8 Å². The van der Waals surface area contributed by atoms with Crippen molar-refractivity contribution in [3.63, 3.8) is 0 Å². The number of hydrogen-bond donors (Lipinski definition) is 3. The molecule has 0 radical (unpaired) electrons. The molecule has 6 heteroatoms. The fourth-order valence-corrected chi connectivity index (χ4v) is 1.00. The maximum Gasteiger partial charge on any atom is 0.264 e. The molecular weight excluding hydrogens is 162 g/mol. The molecule has 0 rings (SSSR count). The van der Waals surface area contributed by atoms with Crippen LogP contribution in [0.25, 0.3) is 0 Å². The molecule has 0 spiro atoms. The second-order valence-electron chi connectivity index (χ2n) is 1.55. The first kappa shape index (κ1) is 9.22. The van der Waals surface area contributed by atoms with E-state index in [9.17, 15) is 8.42 Å². The first-order valence-corrected chi connectivity index (χ1v) is 4.44. The highest BCUT2D eigenvalue weighted by Gasteiger charge is 2.01. The van der Waals surface area contributed by atoms with Gasteiger partial charge in [0.15, 0.2) is 0 Å². The van der Waals surface area contributed by atoms with E-state index in [0.717, 1.165) is 0 Å². The van der Waals surface area contributed by atoms with Gasteiger partial charge in [-0.3, -0.25) is 9.27 Å². The summed E-state index contributed by atoms with van der Waals surface area (Å²) < 4.78 is 30.6. The van der Waals surface area contributed by atoms with E-state index in [1.807, 2.05) is 0 Å². The first-order chi connectivity index (χ1) is 4.06. The Morgan fingerprint density at radius 2 is 2.11 bits per heavy atom. The molecule has 0 aromatic carbocycles. The molecule has 0 unspecified atom stereocenters. The summed E-state index contributed by atoms with van der Waals surface area (Å²) in [5.41, 5.74) is 0. The molecule has 0 atom stereocenters.